The van der Waals surface area contributed by atoms with Crippen LogP contribution in [0, 0.1) is 0 Å². The molecule has 2 heterocycles. The molecule has 0 saturated carbocycles. The van der Waals surface area contributed by atoms with Gasteiger partial charge in [0, 0.05) is 30.1 Å². The summed E-state index contributed by atoms with van der Waals surface area (Å²) in [5.74, 6) is 0. The van der Waals surface area contributed by atoms with Crippen molar-refractivity contribution in [1.82, 2.24) is 10.2 Å². The highest BCUT2D eigenvalue weighted by atomic mass is 32.1. The molecular weight excluding hydrogens is 280 g/mol. The summed E-state index contributed by atoms with van der Waals surface area (Å²) in [4.78, 5) is 3.88. The maximum absolute atomic E-state index is 6.16. The molecule has 3 nitrogen and oxygen atoms in total. The van der Waals surface area contributed by atoms with E-state index in [2.05, 4.69) is 55.5 Å². The lowest BCUT2D eigenvalue weighted by Crippen LogP contribution is -2.41. The Morgan fingerprint density at radius 1 is 1.33 bits per heavy atom. The van der Waals surface area contributed by atoms with Crippen molar-refractivity contribution in [2.24, 2.45) is 0 Å². The van der Waals surface area contributed by atoms with Crippen molar-refractivity contribution < 1.29 is 4.74 Å². The third-order valence-corrected chi connectivity index (χ3v) is 4.83. The van der Waals surface area contributed by atoms with E-state index in [1.807, 2.05) is 11.3 Å². The van der Waals surface area contributed by atoms with Gasteiger partial charge in [-0.25, -0.2) is 0 Å². The molecule has 0 aromatic carbocycles. The van der Waals surface area contributed by atoms with Gasteiger partial charge in [-0.3, -0.25) is 0 Å². The van der Waals surface area contributed by atoms with Gasteiger partial charge in [0.2, 0.25) is 0 Å². The number of likely N-dealkylation sites (N-methyl/N-ethyl adjacent to an activating group) is 1. The molecule has 1 fully saturated rings. The summed E-state index contributed by atoms with van der Waals surface area (Å²) in [5.41, 5.74) is 0.180. The SMILES string of the molecule is CN(CCc1cccs1)CC1CCC(CNC(C)(C)C)O1. The van der Waals surface area contributed by atoms with Crippen LogP contribution in [0.5, 0.6) is 0 Å². The largest absolute Gasteiger partial charge is 0.372 e. The standard InChI is InChI=1S/C17H30N2OS/c1-17(2,3)18-12-14-7-8-15(20-14)13-19(4)10-9-16-6-5-11-21-16/h5-6,11,14-15,18H,7-10,12-13H2,1-4H3. The minimum Gasteiger partial charge on any atom is -0.372 e. The third kappa shape index (κ3) is 6.47. The van der Waals surface area contributed by atoms with Crippen molar-refractivity contribution in [3.63, 3.8) is 0 Å². The first kappa shape index (κ1) is 16.9. The van der Waals surface area contributed by atoms with E-state index in [-0.39, 0.29) is 5.54 Å². The van der Waals surface area contributed by atoms with E-state index in [0.29, 0.717) is 12.2 Å². The van der Waals surface area contributed by atoms with Crippen LogP contribution in [0.1, 0.15) is 38.5 Å². The number of nitrogens with one attached hydrogen (secondary N) is 1. The van der Waals surface area contributed by atoms with Gasteiger partial charge in [0.05, 0.1) is 12.2 Å². The molecule has 1 aliphatic rings. The number of ether oxygens (including phenoxy) is 1. The predicted molar refractivity (Wildman–Crippen MR) is 91.2 cm³/mol. The van der Waals surface area contributed by atoms with Crippen LogP contribution < -0.4 is 5.32 Å². The van der Waals surface area contributed by atoms with Gasteiger partial charge in [-0.05, 0) is 58.5 Å². The second-order valence-electron chi connectivity index (χ2n) is 7.18. The van der Waals surface area contributed by atoms with Gasteiger partial charge < -0.3 is 15.0 Å². The second kappa shape index (κ2) is 7.73. The van der Waals surface area contributed by atoms with Crippen molar-refractivity contribution in [3.05, 3.63) is 22.4 Å². The highest BCUT2D eigenvalue weighted by molar-refractivity contribution is 7.09. The minimum atomic E-state index is 0.180. The smallest absolute Gasteiger partial charge is 0.0707 e. The first-order valence-electron chi connectivity index (χ1n) is 8.04. The summed E-state index contributed by atoms with van der Waals surface area (Å²) >= 11 is 1.85. The van der Waals surface area contributed by atoms with E-state index >= 15 is 0 Å². The molecular formula is C17H30N2OS. The zero-order chi connectivity index (χ0) is 15.3. The molecule has 1 saturated heterocycles. The van der Waals surface area contributed by atoms with E-state index in [4.69, 9.17) is 4.74 Å². The maximum Gasteiger partial charge on any atom is 0.0707 e. The topological polar surface area (TPSA) is 24.5 Å². The van der Waals surface area contributed by atoms with Crippen molar-refractivity contribution in [1.29, 1.82) is 0 Å². The van der Waals surface area contributed by atoms with E-state index in [0.717, 1.165) is 26.1 Å². The lowest BCUT2D eigenvalue weighted by Gasteiger charge is -2.24. The highest BCUT2D eigenvalue weighted by Crippen LogP contribution is 2.20. The molecule has 1 aliphatic heterocycles. The van der Waals surface area contributed by atoms with Crippen molar-refractivity contribution in [2.75, 3.05) is 26.7 Å². The molecule has 2 unspecified atom stereocenters. The second-order valence-corrected chi connectivity index (χ2v) is 8.21. The third-order valence-electron chi connectivity index (χ3n) is 3.89. The molecule has 0 bridgehead atoms. The minimum absolute atomic E-state index is 0.180. The fourth-order valence-electron chi connectivity index (χ4n) is 2.68. The van der Waals surface area contributed by atoms with E-state index in [1.165, 1.54) is 17.7 Å². The molecule has 4 heteroatoms. The van der Waals surface area contributed by atoms with Crippen molar-refractivity contribution in [2.45, 2.75) is 57.8 Å². The van der Waals surface area contributed by atoms with Crippen LogP contribution >= 0.6 is 11.3 Å². The van der Waals surface area contributed by atoms with Gasteiger partial charge in [-0.2, -0.15) is 0 Å². The van der Waals surface area contributed by atoms with Gasteiger partial charge >= 0.3 is 0 Å². The quantitative estimate of drug-likeness (QED) is 0.837. The average Bonchev–Trinajstić information content (AvgIpc) is 3.04. The molecule has 120 valence electrons. The Kier molecular flexibility index (Phi) is 6.23. The molecule has 0 aliphatic carbocycles. The zero-order valence-corrected chi connectivity index (χ0v) is 14.7. The summed E-state index contributed by atoms with van der Waals surface area (Å²) in [7, 11) is 2.21. The van der Waals surface area contributed by atoms with Crippen LogP contribution in [-0.2, 0) is 11.2 Å². The molecule has 2 atom stereocenters. The number of nitrogens with zero attached hydrogens (tertiary/aromatic N) is 1. The molecule has 2 rings (SSSR count). The zero-order valence-electron chi connectivity index (χ0n) is 13.9. The number of rotatable bonds is 7. The summed E-state index contributed by atoms with van der Waals surface area (Å²) in [6.07, 6.45) is 4.33. The Morgan fingerprint density at radius 2 is 2.10 bits per heavy atom. The Hall–Kier alpha value is -0.420. The Balaban J connectivity index is 1.63. The molecule has 0 radical (unpaired) electrons. The van der Waals surface area contributed by atoms with E-state index in [9.17, 15) is 0 Å². The Morgan fingerprint density at radius 3 is 2.76 bits per heavy atom. The molecule has 1 N–H and O–H groups in total. The maximum atomic E-state index is 6.16. The van der Waals surface area contributed by atoms with Crippen LogP contribution in [0.2, 0.25) is 0 Å². The highest BCUT2D eigenvalue weighted by Gasteiger charge is 2.26. The predicted octanol–water partition coefficient (Wildman–Crippen LogP) is 3.16. The van der Waals surface area contributed by atoms with Crippen LogP contribution in [0.15, 0.2) is 17.5 Å². The van der Waals surface area contributed by atoms with Crippen LogP contribution in [-0.4, -0.2) is 49.3 Å². The normalized spacial score (nSPS) is 23.1. The Labute approximate surface area is 133 Å². The average molecular weight is 311 g/mol. The van der Waals surface area contributed by atoms with Crippen molar-refractivity contribution in [3.8, 4) is 0 Å². The van der Waals surface area contributed by atoms with Crippen LogP contribution in [0.3, 0.4) is 0 Å². The summed E-state index contributed by atoms with van der Waals surface area (Å²) in [6, 6.07) is 4.35. The lowest BCUT2D eigenvalue weighted by molar-refractivity contribution is 0.0254. The van der Waals surface area contributed by atoms with E-state index < -0.39 is 0 Å². The fraction of sp³-hybridized carbons (Fsp3) is 0.765. The summed E-state index contributed by atoms with van der Waals surface area (Å²) < 4.78 is 6.16. The van der Waals surface area contributed by atoms with Crippen molar-refractivity contribution >= 4 is 11.3 Å². The monoisotopic (exact) mass is 310 g/mol. The van der Waals surface area contributed by atoms with Gasteiger partial charge in [0.1, 0.15) is 0 Å². The lowest BCUT2D eigenvalue weighted by atomic mass is 10.1. The molecule has 21 heavy (non-hydrogen) atoms. The summed E-state index contributed by atoms with van der Waals surface area (Å²) in [6.45, 7) is 9.76. The first-order valence-corrected chi connectivity index (χ1v) is 8.92. The number of hydrogen-bond donors (Lipinski definition) is 1. The number of thiophene rings is 1. The van der Waals surface area contributed by atoms with Gasteiger partial charge in [-0.1, -0.05) is 6.07 Å². The molecule has 1 aromatic heterocycles. The number of hydrogen-bond acceptors (Lipinski definition) is 4. The van der Waals surface area contributed by atoms with Crippen LogP contribution in [0.25, 0.3) is 0 Å². The van der Waals surface area contributed by atoms with E-state index in [1.54, 1.807) is 0 Å². The fourth-order valence-corrected chi connectivity index (χ4v) is 3.38. The molecule has 1 aromatic rings. The van der Waals surface area contributed by atoms with Gasteiger partial charge in [-0.15, -0.1) is 11.3 Å². The first-order chi connectivity index (χ1) is 9.92. The van der Waals surface area contributed by atoms with Gasteiger partial charge in [0.25, 0.3) is 0 Å². The summed E-state index contributed by atoms with van der Waals surface area (Å²) in [5, 5.41) is 5.70. The molecule has 0 spiro atoms. The van der Waals surface area contributed by atoms with Crippen LogP contribution in [0.4, 0.5) is 0 Å². The Bertz CT molecular complexity index is 399. The molecule has 0 amide bonds. The van der Waals surface area contributed by atoms with Gasteiger partial charge in [0.15, 0.2) is 0 Å².